The number of carbonyl (C=O) groups excluding carboxylic acids is 1. The van der Waals surface area contributed by atoms with E-state index >= 15 is 0 Å². The summed E-state index contributed by atoms with van der Waals surface area (Å²) in [5, 5.41) is 0. The fourth-order valence-corrected chi connectivity index (χ4v) is 1.94. The standard InChI is InChI=1S/C11H14O2S/c1-9(11(12)13-2)8-14-10-6-4-3-5-7-10/h3-7,9H,8H2,1-2H3/t9-/m0/s1. The van der Waals surface area contributed by atoms with Crippen LogP contribution in [-0.4, -0.2) is 18.8 Å². The van der Waals surface area contributed by atoms with Crippen molar-refractivity contribution in [1.29, 1.82) is 0 Å². The van der Waals surface area contributed by atoms with E-state index < -0.39 is 0 Å². The molecule has 1 atom stereocenters. The monoisotopic (exact) mass is 210 g/mol. The van der Waals surface area contributed by atoms with E-state index in [1.165, 1.54) is 12.0 Å². The van der Waals surface area contributed by atoms with E-state index in [-0.39, 0.29) is 11.9 Å². The van der Waals surface area contributed by atoms with Crippen molar-refractivity contribution in [2.45, 2.75) is 11.8 Å². The highest BCUT2D eigenvalue weighted by atomic mass is 32.2. The average molecular weight is 210 g/mol. The van der Waals surface area contributed by atoms with Crippen LogP contribution in [0.25, 0.3) is 0 Å². The lowest BCUT2D eigenvalue weighted by molar-refractivity contribution is -0.143. The number of esters is 1. The van der Waals surface area contributed by atoms with E-state index in [2.05, 4.69) is 4.74 Å². The van der Waals surface area contributed by atoms with Gasteiger partial charge in [0.2, 0.25) is 0 Å². The molecule has 0 heterocycles. The molecule has 0 saturated heterocycles. The molecule has 0 aromatic heterocycles. The maximum atomic E-state index is 11.1. The normalized spacial score (nSPS) is 12.1. The van der Waals surface area contributed by atoms with Gasteiger partial charge in [-0.3, -0.25) is 4.79 Å². The van der Waals surface area contributed by atoms with E-state index in [0.29, 0.717) is 0 Å². The number of carbonyl (C=O) groups is 1. The smallest absolute Gasteiger partial charge is 0.309 e. The summed E-state index contributed by atoms with van der Waals surface area (Å²) in [5.74, 6) is 0.565. The maximum Gasteiger partial charge on any atom is 0.309 e. The highest BCUT2D eigenvalue weighted by molar-refractivity contribution is 7.99. The van der Waals surface area contributed by atoms with Crippen LogP contribution in [0.15, 0.2) is 35.2 Å². The Morgan fingerprint density at radius 3 is 2.64 bits per heavy atom. The first-order valence-electron chi connectivity index (χ1n) is 4.49. The van der Waals surface area contributed by atoms with Crippen LogP contribution in [0.2, 0.25) is 0 Å². The van der Waals surface area contributed by atoms with Gasteiger partial charge in [-0.2, -0.15) is 0 Å². The molecule has 0 N–H and O–H groups in total. The molecule has 0 radical (unpaired) electrons. The van der Waals surface area contributed by atoms with Gasteiger partial charge in [0.15, 0.2) is 0 Å². The summed E-state index contributed by atoms with van der Waals surface area (Å²) >= 11 is 1.67. The minimum absolute atomic E-state index is 0.0507. The van der Waals surface area contributed by atoms with E-state index in [0.717, 1.165) is 5.75 Å². The SMILES string of the molecule is COC(=O)[C@@H](C)CSc1ccccc1. The molecule has 3 heteroatoms. The number of hydrogen-bond donors (Lipinski definition) is 0. The van der Waals surface area contributed by atoms with Crippen LogP contribution in [0.5, 0.6) is 0 Å². The van der Waals surface area contributed by atoms with Crippen molar-refractivity contribution in [3.05, 3.63) is 30.3 Å². The molecule has 2 nitrogen and oxygen atoms in total. The van der Waals surface area contributed by atoms with Crippen molar-refractivity contribution >= 4 is 17.7 Å². The highest BCUT2D eigenvalue weighted by Gasteiger charge is 2.12. The number of thioether (sulfide) groups is 1. The van der Waals surface area contributed by atoms with E-state index in [4.69, 9.17) is 0 Å². The largest absolute Gasteiger partial charge is 0.469 e. The fraction of sp³-hybridized carbons (Fsp3) is 0.364. The highest BCUT2D eigenvalue weighted by Crippen LogP contribution is 2.20. The zero-order valence-electron chi connectivity index (χ0n) is 8.40. The third-order valence-electron chi connectivity index (χ3n) is 1.85. The Morgan fingerprint density at radius 2 is 2.07 bits per heavy atom. The van der Waals surface area contributed by atoms with Gasteiger partial charge in [0.25, 0.3) is 0 Å². The first-order valence-corrected chi connectivity index (χ1v) is 5.48. The number of methoxy groups -OCH3 is 1. The molecule has 1 rings (SSSR count). The zero-order valence-corrected chi connectivity index (χ0v) is 9.21. The van der Waals surface area contributed by atoms with Gasteiger partial charge in [-0.15, -0.1) is 11.8 Å². The summed E-state index contributed by atoms with van der Waals surface area (Å²) in [5.41, 5.74) is 0. The summed E-state index contributed by atoms with van der Waals surface area (Å²) in [6.45, 7) is 1.88. The van der Waals surface area contributed by atoms with Crippen molar-refractivity contribution < 1.29 is 9.53 Å². The average Bonchev–Trinajstić information content (AvgIpc) is 2.26. The van der Waals surface area contributed by atoms with Gasteiger partial charge >= 0.3 is 5.97 Å². The number of hydrogen-bond acceptors (Lipinski definition) is 3. The second-order valence-electron chi connectivity index (χ2n) is 3.05. The number of ether oxygens (including phenoxy) is 1. The molecule has 0 fully saturated rings. The van der Waals surface area contributed by atoms with Gasteiger partial charge in [0, 0.05) is 10.6 Å². The van der Waals surface area contributed by atoms with E-state index in [1.54, 1.807) is 11.8 Å². The Bertz CT molecular complexity index is 285. The molecule has 0 aliphatic carbocycles. The molecular formula is C11H14O2S. The molecule has 0 bridgehead atoms. The number of benzene rings is 1. The van der Waals surface area contributed by atoms with E-state index in [1.807, 2.05) is 37.3 Å². The summed E-state index contributed by atoms with van der Waals surface area (Å²) in [6.07, 6.45) is 0. The molecule has 1 aromatic rings. The molecular weight excluding hydrogens is 196 g/mol. The Balaban J connectivity index is 2.38. The lowest BCUT2D eigenvalue weighted by Gasteiger charge is -2.07. The van der Waals surface area contributed by atoms with Crippen molar-refractivity contribution in [1.82, 2.24) is 0 Å². The Morgan fingerprint density at radius 1 is 1.43 bits per heavy atom. The maximum absolute atomic E-state index is 11.1. The molecule has 0 amide bonds. The molecule has 76 valence electrons. The van der Waals surface area contributed by atoms with Gasteiger partial charge in [0.1, 0.15) is 0 Å². The minimum Gasteiger partial charge on any atom is -0.469 e. The predicted molar refractivity (Wildman–Crippen MR) is 58.3 cm³/mol. The Hall–Kier alpha value is -0.960. The summed E-state index contributed by atoms with van der Waals surface area (Å²) < 4.78 is 4.65. The topological polar surface area (TPSA) is 26.3 Å². The van der Waals surface area contributed by atoms with Crippen LogP contribution >= 0.6 is 11.8 Å². The number of rotatable bonds is 4. The molecule has 0 spiro atoms. The Labute approximate surface area is 88.7 Å². The predicted octanol–water partition coefficient (Wildman–Crippen LogP) is 2.59. The van der Waals surface area contributed by atoms with Crippen molar-refractivity contribution in [3.63, 3.8) is 0 Å². The molecule has 14 heavy (non-hydrogen) atoms. The lowest BCUT2D eigenvalue weighted by Crippen LogP contribution is -2.14. The van der Waals surface area contributed by atoms with Crippen LogP contribution in [0.4, 0.5) is 0 Å². The second-order valence-corrected chi connectivity index (χ2v) is 4.14. The first-order chi connectivity index (χ1) is 6.74. The summed E-state index contributed by atoms with van der Waals surface area (Å²) in [4.78, 5) is 12.3. The van der Waals surface area contributed by atoms with Crippen molar-refractivity contribution in [2.75, 3.05) is 12.9 Å². The van der Waals surface area contributed by atoms with Crippen molar-refractivity contribution in [3.8, 4) is 0 Å². The van der Waals surface area contributed by atoms with Gasteiger partial charge in [-0.1, -0.05) is 25.1 Å². The molecule has 0 unspecified atom stereocenters. The van der Waals surface area contributed by atoms with Gasteiger partial charge in [-0.25, -0.2) is 0 Å². The molecule has 0 saturated carbocycles. The van der Waals surface area contributed by atoms with E-state index in [9.17, 15) is 4.79 Å². The van der Waals surface area contributed by atoms with Crippen LogP contribution < -0.4 is 0 Å². The van der Waals surface area contributed by atoms with Gasteiger partial charge in [-0.05, 0) is 12.1 Å². The Kier molecular flexibility index (Phi) is 4.53. The van der Waals surface area contributed by atoms with Crippen LogP contribution in [0.3, 0.4) is 0 Å². The van der Waals surface area contributed by atoms with Gasteiger partial charge in [0.05, 0.1) is 13.0 Å². The van der Waals surface area contributed by atoms with Crippen LogP contribution in [0, 0.1) is 5.92 Å². The third-order valence-corrected chi connectivity index (χ3v) is 3.12. The quantitative estimate of drug-likeness (QED) is 0.564. The summed E-state index contributed by atoms with van der Waals surface area (Å²) in [6, 6.07) is 10.0. The molecule has 0 aliphatic heterocycles. The lowest BCUT2D eigenvalue weighted by atomic mass is 10.2. The summed E-state index contributed by atoms with van der Waals surface area (Å²) in [7, 11) is 1.42. The molecule has 1 aromatic carbocycles. The van der Waals surface area contributed by atoms with Crippen molar-refractivity contribution in [2.24, 2.45) is 5.92 Å². The first kappa shape index (κ1) is 11.1. The van der Waals surface area contributed by atoms with Crippen LogP contribution in [0.1, 0.15) is 6.92 Å². The third kappa shape index (κ3) is 3.42. The van der Waals surface area contributed by atoms with Gasteiger partial charge < -0.3 is 4.74 Å². The minimum atomic E-state index is -0.145. The molecule has 0 aliphatic rings. The second kappa shape index (κ2) is 5.70. The fourth-order valence-electron chi connectivity index (χ4n) is 1.01. The zero-order chi connectivity index (χ0) is 10.4. The van der Waals surface area contributed by atoms with Crippen LogP contribution in [-0.2, 0) is 9.53 Å².